The number of rotatable bonds is 5. The van der Waals surface area contributed by atoms with Crippen LogP contribution in [-0.2, 0) is 9.53 Å². The third-order valence-electron chi connectivity index (χ3n) is 4.43. The number of carbonyl (C=O) groups excluding carboxylic acids is 2. The van der Waals surface area contributed by atoms with E-state index in [1.54, 1.807) is 73.8 Å². The standard InChI is InChI=1S/C24H16BrNO5/c1-29-19-10-7-15(8-11-19)22-26-20(24(28)31-22)14-17-13-18(25)9-12-21(17)30-23(27)16-5-3-2-4-6-16/h2-14H,1H3/b20-14+. The fraction of sp³-hybridized carbons (Fsp3) is 0.0417. The highest BCUT2D eigenvalue weighted by Gasteiger charge is 2.25. The van der Waals surface area contributed by atoms with Gasteiger partial charge in [0.05, 0.1) is 12.7 Å². The molecule has 6 nitrogen and oxygen atoms in total. The normalized spacial score (nSPS) is 14.2. The fourth-order valence-electron chi connectivity index (χ4n) is 2.87. The van der Waals surface area contributed by atoms with Gasteiger partial charge in [0.2, 0.25) is 5.90 Å². The van der Waals surface area contributed by atoms with E-state index in [2.05, 4.69) is 20.9 Å². The molecule has 3 aromatic rings. The van der Waals surface area contributed by atoms with Gasteiger partial charge < -0.3 is 14.2 Å². The maximum Gasteiger partial charge on any atom is 0.363 e. The Hall–Kier alpha value is -3.71. The molecule has 0 aromatic heterocycles. The number of carbonyl (C=O) groups is 2. The van der Waals surface area contributed by atoms with Gasteiger partial charge in [-0.2, -0.15) is 0 Å². The Balaban J connectivity index is 1.64. The van der Waals surface area contributed by atoms with Gasteiger partial charge >= 0.3 is 11.9 Å². The first-order chi connectivity index (χ1) is 15.0. The van der Waals surface area contributed by atoms with Crippen molar-refractivity contribution in [2.45, 2.75) is 0 Å². The van der Waals surface area contributed by atoms with E-state index in [0.717, 1.165) is 4.47 Å². The molecule has 3 aromatic carbocycles. The van der Waals surface area contributed by atoms with Crippen molar-refractivity contribution >= 4 is 39.8 Å². The summed E-state index contributed by atoms with van der Waals surface area (Å²) in [6.45, 7) is 0. The maximum atomic E-state index is 12.5. The largest absolute Gasteiger partial charge is 0.497 e. The second kappa shape index (κ2) is 8.97. The van der Waals surface area contributed by atoms with Crippen molar-refractivity contribution in [3.05, 3.63) is 99.7 Å². The van der Waals surface area contributed by atoms with Gasteiger partial charge in [-0.15, -0.1) is 0 Å². The Kier molecular flexibility index (Phi) is 5.95. The summed E-state index contributed by atoms with van der Waals surface area (Å²) in [7, 11) is 1.57. The molecule has 1 aliphatic rings. The number of methoxy groups -OCH3 is 1. The van der Waals surface area contributed by atoms with Crippen molar-refractivity contribution in [3.63, 3.8) is 0 Å². The number of hydrogen-bond acceptors (Lipinski definition) is 6. The van der Waals surface area contributed by atoms with Crippen LogP contribution in [0.15, 0.2) is 88.0 Å². The molecule has 7 heteroatoms. The third-order valence-corrected chi connectivity index (χ3v) is 4.93. The Bertz CT molecular complexity index is 1200. The first-order valence-electron chi connectivity index (χ1n) is 9.27. The number of ether oxygens (including phenoxy) is 3. The van der Waals surface area contributed by atoms with Gasteiger partial charge in [0.15, 0.2) is 5.70 Å². The summed E-state index contributed by atoms with van der Waals surface area (Å²) in [6.07, 6.45) is 1.53. The Labute approximate surface area is 186 Å². The van der Waals surface area contributed by atoms with Crippen molar-refractivity contribution < 1.29 is 23.8 Å². The summed E-state index contributed by atoms with van der Waals surface area (Å²) in [4.78, 5) is 29.1. The monoisotopic (exact) mass is 477 g/mol. The van der Waals surface area contributed by atoms with Gasteiger partial charge in [0.25, 0.3) is 0 Å². The van der Waals surface area contributed by atoms with Crippen LogP contribution in [-0.4, -0.2) is 24.9 Å². The molecular weight excluding hydrogens is 462 g/mol. The lowest BCUT2D eigenvalue weighted by molar-refractivity contribution is -0.129. The smallest absolute Gasteiger partial charge is 0.363 e. The van der Waals surface area contributed by atoms with Crippen molar-refractivity contribution in [1.29, 1.82) is 0 Å². The molecule has 0 N–H and O–H groups in total. The maximum absolute atomic E-state index is 12.5. The zero-order valence-electron chi connectivity index (χ0n) is 16.4. The van der Waals surface area contributed by atoms with Crippen molar-refractivity contribution in [3.8, 4) is 11.5 Å². The second-order valence-electron chi connectivity index (χ2n) is 6.50. The van der Waals surface area contributed by atoms with Crippen molar-refractivity contribution in [2.24, 2.45) is 4.99 Å². The number of nitrogens with zero attached hydrogens (tertiary/aromatic N) is 1. The molecule has 4 rings (SSSR count). The van der Waals surface area contributed by atoms with Gasteiger partial charge in [-0.25, -0.2) is 14.6 Å². The quantitative estimate of drug-likeness (QED) is 0.293. The number of halogens is 1. The van der Waals surface area contributed by atoms with Crippen LogP contribution in [0.1, 0.15) is 21.5 Å². The lowest BCUT2D eigenvalue weighted by Gasteiger charge is -2.08. The Morgan fingerprint density at radius 3 is 2.48 bits per heavy atom. The molecule has 0 bridgehead atoms. The minimum absolute atomic E-state index is 0.0981. The fourth-order valence-corrected chi connectivity index (χ4v) is 3.25. The predicted octanol–water partition coefficient (Wildman–Crippen LogP) is 5.02. The van der Waals surface area contributed by atoms with Gasteiger partial charge in [0.1, 0.15) is 11.5 Å². The Morgan fingerprint density at radius 1 is 1.03 bits per heavy atom. The molecule has 0 unspecified atom stereocenters. The predicted molar refractivity (Wildman–Crippen MR) is 119 cm³/mol. The minimum atomic E-state index is -0.592. The molecule has 0 amide bonds. The van der Waals surface area contributed by atoms with E-state index in [9.17, 15) is 9.59 Å². The summed E-state index contributed by atoms with van der Waals surface area (Å²) in [5.74, 6) is 0.0794. The topological polar surface area (TPSA) is 74.2 Å². The van der Waals surface area contributed by atoms with E-state index in [4.69, 9.17) is 14.2 Å². The van der Waals surface area contributed by atoms with E-state index in [1.807, 2.05) is 6.07 Å². The Morgan fingerprint density at radius 2 is 1.77 bits per heavy atom. The van der Waals surface area contributed by atoms with E-state index in [0.29, 0.717) is 28.2 Å². The van der Waals surface area contributed by atoms with Gasteiger partial charge in [-0.1, -0.05) is 34.1 Å². The highest BCUT2D eigenvalue weighted by molar-refractivity contribution is 9.10. The summed E-state index contributed by atoms with van der Waals surface area (Å²) in [5, 5.41) is 0. The first-order valence-corrected chi connectivity index (χ1v) is 10.1. The molecule has 0 aliphatic carbocycles. The number of hydrogen-bond donors (Lipinski definition) is 0. The van der Waals surface area contributed by atoms with Crippen molar-refractivity contribution in [1.82, 2.24) is 0 Å². The number of benzene rings is 3. The zero-order valence-corrected chi connectivity index (χ0v) is 18.0. The second-order valence-corrected chi connectivity index (χ2v) is 7.42. The van der Waals surface area contributed by atoms with Crippen LogP contribution in [0.3, 0.4) is 0 Å². The molecule has 0 fully saturated rings. The molecule has 0 spiro atoms. The van der Waals surface area contributed by atoms with Crippen LogP contribution in [0.5, 0.6) is 11.5 Å². The van der Waals surface area contributed by atoms with Crippen molar-refractivity contribution in [2.75, 3.05) is 7.11 Å². The number of cyclic esters (lactones) is 1. The summed E-state index contributed by atoms with van der Waals surface area (Å²) in [6, 6.07) is 20.8. The minimum Gasteiger partial charge on any atom is -0.497 e. The summed E-state index contributed by atoms with van der Waals surface area (Å²) < 4.78 is 16.7. The van der Waals surface area contributed by atoms with Crippen LogP contribution in [0.2, 0.25) is 0 Å². The molecule has 0 radical (unpaired) electrons. The van der Waals surface area contributed by atoms with E-state index in [1.165, 1.54) is 6.08 Å². The molecule has 1 heterocycles. The molecule has 0 saturated heterocycles. The average Bonchev–Trinajstić information content (AvgIpc) is 3.16. The lowest BCUT2D eigenvalue weighted by atomic mass is 10.1. The van der Waals surface area contributed by atoms with Crippen LogP contribution in [0, 0.1) is 0 Å². The van der Waals surface area contributed by atoms with Crippen LogP contribution < -0.4 is 9.47 Å². The summed E-state index contributed by atoms with van der Waals surface area (Å²) >= 11 is 3.40. The molecule has 154 valence electrons. The first kappa shape index (κ1) is 20.6. The van der Waals surface area contributed by atoms with Gasteiger partial charge in [-0.3, -0.25) is 0 Å². The van der Waals surface area contributed by atoms with Gasteiger partial charge in [-0.05, 0) is 60.7 Å². The van der Waals surface area contributed by atoms with Crippen LogP contribution >= 0.6 is 15.9 Å². The highest BCUT2D eigenvalue weighted by atomic mass is 79.9. The van der Waals surface area contributed by atoms with E-state index in [-0.39, 0.29) is 11.6 Å². The number of esters is 2. The lowest BCUT2D eigenvalue weighted by Crippen LogP contribution is -2.09. The molecule has 31 heavy (non-hydrogen) atoms. The highest BCUT2D eigenvalue weighted by Crippen LogP contribution is 2.28. The molecule has 0 saturated carbocycles. The number of aliphatic imine (C=N–C) groups is 1. The summed E-state index contributed by atoms with van der Waals surface area (Å²) in [5.41, 5.74) is 1.66. The van der Waals surface area contributed by atoms with Gasteiger partial charge in [0, 0.05) is 15.6 Å². The van der Waals surface area contributed by atoms with E-state index >= 15 is 0 Å². The van der Waals surface area contributed by atoms with Crippen LogP contribution in [0.4, 0.5) is 0 Å². The molecule has 0 atom stereocenters. The van der Waals surface area contributed by atoms with Crippen LogP contribution in [0.25, 0.3) is 6.08 Å². The molecule has 1 aliphatic heterocycles. The molecular formula is C24H16BrNO5. The van der Waals surface area contributed by atoms with E-state index < -0.39 is 11.9 Å². The third kappa shape index (κ3) is 4.73. The zero-order chi connectivity index (χ0) is 21.8. The average molecular weight is 478 g/mol. The SMILES string of the molecule is COc1ccc(C2=N/C(=C/c3cc(Br)ccc3OC(=O)c3ccccc3)C(=O)O2)cc1.